The van der Waals surface area contributed by atoms with E-state index in [4.69, 9.17) is 4.74 Å². The van der Waals surface area contributed by atoms with Crippen molar-refractivity contribution in [2.45, 2.75) is 13.0 Å². The smallest absolute Gasteiger partial charge is 0.342 e. The van der Waals surface area contributed by atoms with Crippen molar-refractivity contribution in [3.8, 4) is 5.75 Å². The molecule has 2 aromatic carbocycles. The molecule has 10 nitrogen and oxygen atoms in total. The second-order valence-electron chi connectivity index (χ2n) is 6.17. The van der Waals surface area contributed by atoms with Gasteiger partial charge in [0.25, 0.3) is 5.56 Å². The molecular formula is C20H20N6O4. The van der Waals surface area contributed by atoms with Crippen molar-refractivity contribution in [1.82, 2.24) is 20.6 Å². The molecule has 30 heavy (non-hydrogen) atoms. The number of aromatic amines is 2. The zero-order chi connectivity index (χ0) is 21.2. The van der Waals surface area contributed by atoms with Crippen LogP contribution in [0.2, 0.25) is 0 Å². The van der Waals surface area contributed by atoms with E-state index in [2.05, 4.69) is 26.0 Å². The number of aromatic nitrogens is 3. The largest absolute Gasteiger partial charge is 0.489 e. The third kappa shape index (κ3) is 6.44. The van der Waals surface area contributed by atoms with E-state index in [1.54, 1.807) is 0 Å². The topological polar surface area (TPSA) is 141 Å². The predicted molar refractivity (Wildman–Crippen MR) is 112 cm³/mol. The maximum Gasteiger partial charge on any atom is 0.342 e. The van der Waals surface area contributed by atoms with E-state index < -0.39 is 11.2 Å². The lowest BCUT2D eigenvalue weighted by molar-refractivity contribution is -0.120. The van der Waals surface area contributed by atoms with Gasteiger partial charge in [0.05, 0.1) is 6.21 Å². The monoisotopic (exact) mass is 408 g/mol. The number of ether oxygens (including phenoxy) is 1. The summed E-state index contributed by atoms with van der Waals surface area (Å²) >= 11 is 0. The summed E-state index contributed by atoms with van der Waals surface area (Å²) < 4.78 is 5.72. The molecule has 0 atom stereocenters. The number of hydrogen-bond acceptors (Lipinski definition) is 7. The fourth-order valence-electron chi connectivity index (χ4n) is 2.39. The Balaban J connectivity index is 1.39. The maximum atomic E-state index is 11.8. The standard InChI is InChI=1S/C20H20N6O4/c27-17(10-11-21-18-19(28)23-20(29)26-25-18)24-22-12-14-6-8-16(9-7-14)30-13-15-4-2-1-3-5-15/h1-9,12H,10-11,13H2,(H,21,25)(H,24,27)(H2,23,26,28,29)/b22-12+. The Labute approximate surface area is 171 Å². The second kappa shape index (κ2) is 10.4. The van der Waals surface area contributed by atoms with Crippen LogP contribution >= 0.6 is 0 Å². The van der Waals surface area contributed by atoms with Crippen LogP contribution in [-0.4, -0.2) is 33.8 Å². The molecule has 0 aliphatic heterocycles. The van der Waals surface area contributed by atoms with Gasteiger partial charge in [-0.2, -0.15) is 5.10 Å². The molecule has 1 heterocycles. The van der Waals surface area contributed by atoms with Crippen LogP contribution in [0.5, 0.6) is 5.75 Å². The van der Waals surface area contributed by atoms with Gasteiger partial charge in [0.15, 0.2) is 0 Å². The lowest BCUT2D eigenvalue weighted by Crippen LogP contribution is -2.28. The molecule has 0 saturated heterocycles. The van der Waals surface area contributed by atoms with Crippen molar-refractivity contribution in [3.05, 3.63) is 86.6 Å². The number of H-pyrrole nitrogens is 2. The number of carbonyl (C=O) groups excluding carboxylic acids is 1. The highest BCUT2D eigenvalue weighted by Crippen LogP contribution is 2.13. The van der Waals surface area contributed by atoms with E-state index in [-0.39, 0.29) is 24.7 Å². The molecule has 10 heteroatoms. The van der Waals surface area contributed by atoms with Gasteiger partial charge in [-0.25, -0.2) is 15.3 Å². The quantitative estimate of drug-likeness (QED) is 0.307. The van der Waals surface area contributed by atoms with E-state index >= 15 is 0 Å². The zero-order valence-corrected chi connectivity index (χ0v) is 15.9. The molecule has 0 radical (unpaired) electrons. The minimum Gasteiger partial charge on any atom is -0.489 e. The summed E-state index contributed by atoms with van der Waals surface area (Å²) in [6, 6.07) is 17.2. The van der Waals surface area contributed by atoms with E-state index in [0.29, 0.717) is 6.61 Å². The van der Waals surface area contributed by atoms with Gasteiger partial charge in [0.2, 0.25) is 11.7 Å². The van der Waals surface area contributed by atoms with E-state index in [1.165, 1.54) is 6.21 Å². The van der Waals surface area contributed by atoms with Crippen molar-refractivity contribution in [2.24, 2.45) is 5.10 Å². The van der Waals surface area contributed by atoms with Crippen LogP contribution in [0.25, 0.3) is 0 Å². The maximum absolute atomic E-state index is 11.8. The van der Waals surface area contributed by atoms with E-state index in [9.17, 15) is 14.4 Å². The number of nitrogens with one attached hydrogen (secondary N) is 4. The first-order chi connectivity index (χ1) is 14.6. The van der Waals surface area contributed by atoms with Crippen LogP contribution in [0.1, 0.15) is 17.5 Å². The Morgan fingerprint density at radius 1 is 1.10 bits per heavy atom. The van der Waals surface area contributed by atoms with Gasteiger partial charge in [-0.3, -0.25) is 14.6 Å². The fourth-order valence-corrected chi connectivity index (χ4v) is 2.39. The van der Waals surface area contributed by atoms with Crippen LogP contribution in [-0.2, 0) is 11.4 Å². The third-order valence-electron chi connectivity index (χ3n) is 3.89. The molecular weight excluding hydrogens is 388 g/mol. The molecule has 3 aromatic rings. The number of carbonyl (C=O) groups is 1. The Morgan fingerprint density at radius 2 is 1.87 bits per heavy atom. The zero-order valence-electron chi connectivity index (χ0n) is 15.9. The molecule has 0 fully saturated rings. The van der Waals surface area contributed by atoms with Crippen LogP contribution in [0.3, 0.4) is 0 Å². The molecule has 1 amide bonds. The molecule has 4 N–H and O–H groups in total. The summed E-state index contributed by atoms with van der Waals surface area (Å²) in [5, 5.41) is 12.2. The third-order valence-corrected chi connectivity index (χ3v) is 3.89. The number of benzene rings is 2. The summed E-state index contributed by atoms with van der Waals surface area (Å²) in [4.78, 5) is 36.1. The highest BCUT2D eigenvalue weighted by molar-refractivity contribution is 5.82. The Hall–Kier alpha value is -4.21. The van der Waals surface area contributed by atoms with Crippen LogP contribution < -0.4 is 26.7 Å². The van der Waals surface area contributed by atoms with Crippen LogP contribution in [0.4, 0.5) is 5.82 Å². The molecule has 0 aliphatic rings. The Bertz CT molecular complexity index is 1110. The molecule has 154 valence electrons. The summed E-state index contributed by atoms with van der Waals surface area (Å²) in [6.45, 7) is 0.635. The molecule has 0 aliphatic carbocycles. The number of hydrazone groups is 1. The van der Waals surface area contributed by atoms with Gasteiger partial charge in [-0.1, -0.05) is 30.3 Å². The van der Waals surface area contributed by atoms with Gasteiger partial charge in [0.1, 0.15) is 12.4 Å². The van der Waals surface area contributed by atoms with Crippen molar-refractivity contribution in [1.29, 1.82) is 0 Å². The first-order valence-electron chi connectivity index (χ1n) is 9.12. The van der Waals surface area contributed by atoms with Gasteiger partial charge < -0.3 is 10.1 Å². The summed E-state index contributed by atoms with van der Waals surface area (Å²) in [6.07, 6.45) is 1.57. The minimum absolute atomic E-state index is 0.0594. The predicted octanol–water partition coefficient (Wildman–Crippen LogP) is 0.990. The summed E-state index contributed by atoms with van der Waals surface area (Å²) in [5.41, 5.74) is 2.92. The lowest BCUT2D eigenvalue weighted by Gasteiger charge is -2.06. The molecule has 3 rings (SSSR count). The van der Waals surface area contributed by atoms with Crippen molar-refractivity contribution >= 4 is 17.9 Å². The van der Waals surface area contributed by atoms with Crippen molar-refractivity contribution in [2.75, 3.05) is 11.9 Å². The molecule has 0 spiro atoms. The minimum atomic E-state index is -0.701. The normalized spacial score (nSPS) is 10.7. The van der Waals surface area contributed by atoms with Crippen molar-refractivity contribution in [3.63, 3.8) is 0 Å². The number of nitrogens with zero attached hydrogens (tertiary/aromatic N) is 2. The summed E-state index contributed by atoms with van der Waals surface area (Å²) in [5.74, 6) is 0.319. The molecule has 1 aromatic heterocycles. The van der Waals surface area contributed by atoms with Gasteiger partial charge in [-0.15, -0.1) is 5.10 Å². The average Bonchev–Trinajstić information content (AvgIpc) is 2.75. The van der Waals surface area contributed by atoms with Gasteiger partial charge >= 0.3 is 5.69 Å². The number of hydrogen-bond donors (Lipinski definition) is 4. The first kappa shape index (κ1) is 20.5. The van der Waals surface area contributed by atoms with Gasteiger partial charge in [0, 0.05) is 13.0 Å². The van der Waals surface area contributed by atoms with Crippen LogP contribution in [0.15, 0.2) is 69.3 Å². The Kier molecular flexibility index (Phi) is 7.09. The lowest BCUT2D eigenvalue weighted by atomic mass is 10.2. The van der Waals surface area contributed by atoms with Crippen molar-refractivity contribution < 1.29 is 9.53 Å². The number of rotatable bonds is 9. The summed E-state index contributed by atoms with van der Waals surface area (Å²) in [7, 11) is 0. The SMILES string of the molecule is O=C(CCNc1n[nH]c(=O)[nH]c1=O)N/N=C/c1ccc(OCc2ccccc2)cc1. The molecule has 0 unspecified atom stereocenters. The Morgan fingerprint density at radius 3 is 2.60 bits per heavy atom. The van der Waals surface area contributed by atoms with Crippen LogP contribution in [0, 0.1) is 0 Å². The highest BCUT2D eigenvalue weighted by atomic mass is 16.5. The van der Waals surface area contributed by atoms with E-state index in [0.717, 1.165) is 16.9 Å². The average molecular weight is 408 g/mol. The number of amides is 1. The second-order valence-corrected chi connectivity index (χ2v) is 6.17. The fraction of sp³-hybridized carbons (Fsp3) is 0.150. The molecule has 0 bridgehead atoms. The number of anilines is 1. The van der Waals surface area contributed by atoms with E-state index in [1.807, 2.05) is 59.6 Å². The van der Waals surface area contributed by atoms with Gasteiger partial charge in [-0.05, 0) is 35.4 Å². The first-order valence-corrected chi connectivity index (χ1v) is 9.12. The molecule has 0 saturated carbocycles. The highest BCUT2D eigenvalue weighted by Gasteiger charge is 2.03.